The number of rotatable bonds is 4. The van der Waals surface area contributed by atoms with Crippen molar-refractivity contribution in [2.24, 2.45) is 0 Å². The summed E-state index contributed by atoms with van der Waals surface area (Å²) >= 11 is 1.58. The number of nitrogens with zero attached hydrogens (tertiary/aromatic N) is 2. The van der Waals surface area contributed by atoms with Crippen molar-refractivity contribution < 1.29 is 14.7 Å². The number of carboxylic acids is 1. The summed E-state index contributed by atoms with van der Waals surface area (Å²) in [7, 11) is 1.70. The molecule has 0 radical (unpaired) electrons. The molecule has 2 aromatic heterocycles. The number of aromatic nitrogens is 1. The molecule has 5 nitrogen and oxygen atoms in total. The molecule has 1 N–H and O–H groups in total. The van der Waals surface area contributed by atoms with E-state index in [1.54, 1.807) is 30.2 Å². The molecule has 0 aliphatic rings. The van der Waals surface area contributed by atoms with Crippen LogP contribution in [0, 0.1) is 6.92 Å². The predicted molar refractivity (Wildman–Crippen MR) is 76.0 cm³/mol. The van der Waals surface area contributed by atoms with Crippen LogP contribution in [0.25, 0.3) is 0 Å². The van der Waals surface area contributed by atoms with Gasteiger partial charge in [0.25, 0.3) is 5.91 Å². The molecular weight excluding hydrogens is 276 g/mol. The summed E-state index contributed by atoms with van der Waals surface area (Å²) in [5, 5.41) is 12.9. The highest BCUT2D eigenvalue weighted by Gasteiger charge is 2.16. The zero-order valence-corrected chi connectivity index (χ0v) is 12.0. The van der Waals surface area contributed by atoms with Crippen molar-refractivity contribution >= 4 is 23.2 Å². The summed E-state index contributed by atoms with van der Waals surface area (Å²) in [5.74, 6) is -1.27. The van der Waals surface area contributed by atoms with Crippen LogP contribution >= 0.6 is 11.3 Å². The van der Waals surface area contributed by atoms with Gasteiger partial charge in [-0.15, -0.1) is 0 Å². The molecule has 0 saturated heterocycles. The fourth-order valence-electron chi connectivity index (χ4n) is 1.83. The van der Waals surface area contributed by atoms with Crippen molar-refractivity contribution in [3.63, 3.8) is 0 Å². The van der Waals surface area contributed by atoms with Crippen LogP contribution in [0.1, 0.15) is 32.1 Å². The minimum atomic E-state index is -1.04. The summed E-state index contributed by atoms with van der Waals surface area (Å²) in [6.45, 7) is 2.09. The Kier molecular flexibility index (Phi) is 4.14. The smallest absolute Gasteiger partial charge is 0.337 e. The summed E-state index contributed by atoms with van der Waals surface area (Å²) in [6.07, 6.45) is 0. The second kappa shape index (κ2) is 5.83. The molecule has 0 unspecified atom stereocenters. The fourth-order valence-corrected chi connectivity index (χ4v) is 2.49. The maximum Gasteiger partial charge on any atom is 0.337 e. The van der Waals surface area contributed by atoms with Crippen LogP contribution < -0.4 is 0 Å². The highest BCUT2D eigenvalue weighted by atomic mass is 32.1. The third-order valence-corrected chi connectivity index (χ3v) is 3.61. The minimum absolute atomic E-state index is 0.113. The first kappa shape index (κ1) is 14.2. The van der Waals surface area contributed by atoms with E-state index in [2.05, 4.69) is 4.98 Å². The number of hydrogen-bond acceptors (Lipinski definition) is 4. The summed E-state index contributed by atoms with van der Waals surface area (Å²) in [6, 6.07) is 4.82. The molecule has 0 spiro atoms. The third-order valence-electron chi connectivity index (χ3n) is 2.88. The molecule has 0 bridgehead atoms. The average molecular weight is 290 g/mol. The molecule has 0 fully saturated rings. The maximum atomic E-state index is 12.2. The highest BCUT2D eigenvalue weighted by molar-refractivity contribution is 7.07. The van der Waals surface area contributed by atoms with Crippen LogP contribution in [0.15, 0.2) is 29.0 Å². The predicted octanol–water partition coefficient (Wildman–Crippen LogP) is 2.42. The Morgan fingerprint density at radius 2 is 2.10 bits per heavy atom. The molecule has 2 aromatic rings. The Morgan fingerprint density at radius 1 is 1.35 bits per heavy atom. The van der Waals surface area contributed by atoms with Crippen LogP contribution in [0.4, 0.5) is 0 Å². The maximum absolute atomic E-state index is 12.2. The zero-order chi connectivity index (χ0) is 14.7. The molecule has 2 heterocycles. The normalized spacial score (nSPS) is 10.3. The first-order valence-corrected chi connectivity index (χ1v) is 6.91. The van der Waals surface area contributed by atoms with Crippen LogP contribution in [0.5, 0.6) is 0 Å². The molecule has 104 valence electrons. The summed E-state index contributed by atoms with van der Waals surface area (Å²) in [5.41, 5.74) is 1.77. The van der Waals surface area contributed by atoms with Gasteiger partial charge >= 0.3 is 5.97 Å². The number of pyridine rings is 1. The molecule has 0 aromatic carbocycles. The third kappa shape index (κ3) is 3.03. The van der Waals surface area contributed by atoms with Gasteiger partial charge in [-0.25, -0.2) is 9.78 Å². The number of carbonyl (C=O) groups excluding carboxylic acids is 1. The lowest BCUT2D eigenvalue weighted by atomic mass is 10.2. The number of carboxylic acid groups (broad SMARTS) is 1. The quantitative estimate of drug-likeness (QED) is 0.938. The molecule has 6 heteroatoms. The van der Waals surface area contributed by atoms with Gasteiger partial charge in [0.05, 0.1) is 11.3 Å². The molecular formula is C14H14N2O3S. The number of thiophene rings is 1. The lowest BCUT2D eigenvalue weighted by Crippen LogP contribution is -2.27. The Hall–Kier alpha value is -2.21. The SMILES string of the molecule is Cc1nc(C(=O)N(C)Cc2ccsc2)ccc1C(=O)O. The fraction of sp³-hybridized carbons (Fsp3) is 0.214. The van der Waals surface area contributed by atoms with Crippen molar-refractivity contribution in [2.75, 3.05) is 7.05 Å². The van der Waals surface area contributed by atoms with E-state index in [9.17, 15) is 9.59 Å². The van der Waals surface area contributed by atoms with Gasteiger partial charge in [0.2, 0.25) is 0 Å². The lowest BCUT2D eigenvalue weighted by Gasteiger charge is -2.16. The van der Waals surface area contributed by atoms with E-state index >= 15 is 0 Å². The highest BCUT2D eigenvalue weighted by Crippen LogP contribution is 2.12. The Morgan fingerprint density at radius 3 is 2.65 bits per heavy atom. The molecule has 1 amide bonds. The monoisotopic (exact) mass is 290 g/mol. The molecule has 0 aliphatic carbocycles. The standard InChI is InChI=1S/C14H14N2O3S/c1-9-11(14(18)19)3-4-12(15-9)13(17)16(2)7-10-5-6-20-8-10/h3-6,8H,7H2,1-2H3,(H,18,19). The number of aryl methyl sites for hydroxylation is 1. The van der Waals surface area contributed by atoms with Crippen molar-refractivity contribution in [1.29, 1.82) is 0 Å². The van der Waals surface area contributed by atoms with Crippen LogP contribution in [0.2, 0.25) is 0 Å². The Bertz CT molecular complexity index is 638. The Balaban J connectivity index is 2.16. The first-order chi connectivity index (χ1) is 9.49. The van der Waals surface area contributed by atoms with Gasteiger partial charge in [-0.2, -0.15) is 11.3 Å². The van der Waals surface area contributed by atoms with E-state index < -0.39 is 5.97 Å². The van der Waals surface area contributed by atoms with Gasteiger partial charge < -0.3 is 10.0 Å². The van der Waals surface area contributed by atoms with Crippen molar-refractivity contribution in [1.82, 2.24) is 9.88 Å². The zero-order valence-electron chi connectivity index (χ0n) is 11.2. The van der Waals surface area contributed by atoms with E-state index in [-0.39, 0.29) is 17.2 Å². The van der Waals surface area contributed by atoms with E-state index in [4.69, 9.17) is 5.11 Å². The molecule has 0 saturated carbocycles. The minimum Gasteiger partial charge on any atom is -0.478 e. The lowest BCUT2D eigenvalue weighted by molar-refractivity contribution is 0.0693. The number of carbonyl (C=O) groups is 2. The largest absolute Gasteiger partial charge is 0.478 e. The van der Waals surface area contributed by atoms with Gasteiger partial charge in [0.1, 0.15) is 5.69 Å². The summed E-state index contributed by atoms with van der Waals surface area (Å²) < 4.78 is 0. The number of hydrogen-bond donors (Lipinski definition) is 1. The molecule has 2 rings (SSSR count). The van der Waals surface area contributed by atoms with Crippen LogP contribution in [0.3, 0.4) is 0 Å². The van der Waals surface area contributed by atoms with E-state index in [1.165, 1.54) is 12.1 Å². The average Bonchev–Trinajstić information content (AvgIpc) is 2.90. The second-order valence-corrected chi connectivity index (χ2v) is 5.21. The molecule has 0 aliphatic heterocycles. The van der Waals surface area contributed by atoms with Crippen molar-refractivity contribution in [2.45, 2.75) is 13.5 Å². The van der Waals surface area contributed by atoms with Crippen molar-refractivity contribution in [3.05, 3.63) is 51.5 Å². The second-order valence-electron chi connectivity index (χ2n) is 4.43. The van der Waals surface area contributed by atoms with Crippen molar-refractivity contribution in [3.8, 4) is 0 Å². The van der Waals surface area contributed by atoms with E-state index in [0.717, 1.165) is 5.56 Å². The first-order valence-electron chi connectivity index (χ1n) is 5.96. The molecule has 0 atom stereocenters. The van der Waals surface area contributed by atoms with E-state index in [0.29, 0.717) is 12.2 Å². The van der Waals surface area contributed by atoms with Gasteiger partial charge in [-0.3, -0.25) is 4.79 Å². The molecule has 20 heavy (non-hydrogen) atoms. The number of amides is 1. The van der Waals surface area contributed by atoms with Gasteiger partial charge in [0.15, 0.2) is 0 Å². The van der Waals surface area contributed by atoms with Crippen LogP contribution in [-0.2, 0) is 6.54 Å². The number of aromatic carboxylic acids is 1. The summed E-state index contributed by atoms with van der Waals surface area (Å²) in [4.78, 5) is 28.8. The van der Waals surface area contributed by atoms with Gasteiger partial charge in [0, 0.05) is 13.6 Å². The van der Waals surface area contributed by atoms with E-state index in [1.807, 2.05) is 16.8 Å². The topological polar surface area (TPSA) is 70.5 Å². The Labute approximate surface area is 120 Å². The van der Waals surface area contributed by atoms with Gasteiger partial charge in [-0.1, -0.05) is 0 Å². The van der Waals surface area contributed by atoms with Gasteiger partial charge in [-0.05, 0) is 41.4 Å². The van der Waals surface area contributed by atoms with Crippen LogP contribution in [-0.4, -0.2) is 33.9 Å².